The SMILES string of the molecule is CCOc1ccc2c(ccn2Cc2ccncc2Cl)c1. The summed E-state index contributed by atoms with van der Waals surface area (Å²) in [5.74, 6) is 0.902. The first-order valence-corrected chi connectivity index (χ1v) is 6.96. The van der Waals surface area contributed by atoms with E-state index < -0.39 is 0 Å². The summed E-state index contributed by atoms with van der Waals surface area (Å²) < 4.78 is 7.69. The first-order valence-electron chi connectivity index (χ1n) is 6.58. The van der Waals surface area contributed by atoms with Crippen LogP contribution in [0.25, 0.3) is 10.9 Å². The molecular formula is C16H15ClN2O. The zero-order chi connectivity index (χ0) is 13.9. The average molecular weight is 287 g/mol. The fourth-order valence-corrected chi connectivity index (χ4v) is 2.47. The number of aromatic nitrogens is 2. The van der Waals surface area contributed by atoms with Gasteiger partial charge in [0.2, 0.25) is 0 Å². The van der Waals surface area contributed by atoms with Gasteiger partial charge in [0.15, 0.2) is 0 Å². The van der Waals surface area contributed by atoms with Gasteiger partial charge in [-0.3, -0.25) is 4.98 Å². The molecule has 4 heteroatoms. The molecule has 3 rings (SSSR count). The van der Waals surface area contributed by atoms with Crippen LogP contribution in [0.2, 0.25) is 5.02 Å². The van der Waals surface area contributed by atoms with Crippen LogP contribution in [0.5, 0.6) is 5.75 Å². The molecule has 0 radical (unpaired) electrons. The van der Waals surface area contributed by atoms with Gasteiger partial charge in [-0.15, -0.1) is 0 Å². The van der Waals surface area contributed by atoms with Crippen molar-refractivity contribution in [1.29, 1.82) is 0 Å². The van der Waals surface area contributed by atoms with Crippen LogP contribution in [0.4, 0.5) is 0 Å². The summed E-state index contributed by atoms with van der Waals surface area (Å²) in [7, 11) is 0. The van der Waals surface area contributed by atoms with Crippen LogP contribution in [-0.4, -0.2) is 16.2 Å². The van der Waals surface area contributed by atoms with E-state index in [4.69, 9.17) is 16.3 Å². The quantitative estimate of drug-likeness (QED) is 0.721. The van der Waals surface area contributed by atoms with Crippen molar-refractivity contribution in [3.63, 3.8) is 0 Å². The molecule has 0 saturated carbocycles. The van der Waals surface area contributed by atoms with Gasteiger partial charge in [-0.25, -0.2) is 0 Å². The van der Waals surface area contributed by atoms with E-state index in [-0.39, 0.29) is 0 Å². The largest absolute Gasteiger partial charge is 0.494 e. The highest BCUT2D eigenvalue weighted by Crippen LogP contribution is 2.24. The molecule has 2 heterocycles. The molecule has 0 aliphatic heterocycles. The Morgan fingerprint density at radius 2 is 2.15 bits per heavy atom. The molecule has 0 aliphatic carbocycles. The van der Waals surface area contributed by atoms with Gasteiger partial charge in [-0.2, -0.15) is 0 Å². The molecule has 3 nitrogen and oxygen atoms in total. The van der Waals surface area contributed by atoms with Crippen molar-refractivity contribution < 1.29 is 4.74 Å². The number of pyridine rings is 1. The van der Waals surface area contributed by atoms with Gasteiger partial charge in [-0.05, 0) is 42.8 Å². The third-order valence-corrected chi connectivity index (χ3v) is 3.59. The Balaban J connectivity index is 1.95. The molecule has 20 heavy (non-hydrogen) atoms. The topological polar surface area (TPSA) is 27.1 Å². The maximum absolute atomic E-state index is 6.16. The summed E-state index contributed by atoms with van der Waals surface area (Å²) in [5.41, 5.74) is 2.23. The van der Waals surface area contributed by atoms with Gasteiger partial charge in [0.25, 0.3) is 0 Å². The van der Waals surface area contributed by atoms with Gasteiger partial charge in [-0.1, -0.05) is 11.6 Å². The molecule has 0 amide bonds. The summed E-state index contributed by atoms with van der Waals surface area (Å²) in [5, 5.41) is 1.86. The van der Waals surface area contributed by atoms with E-state index >= 15 is 0 Å². The molecule has 0 aliphatic rings. The van der Waals surface area contributed by atoms with E-state index in [1.165, 1.54) is 10.9 Å². The zero-order valence-electron chi connectivity index (χ0n) is 11.2. The minimum Gasteiger partial charge on any atom is -0.494 e. The average Bonchev–Trinajstić information content (AvgIpc) is 2.84. The van der Waals surface area contributed by atoms with Gasteiger partial charge < -0.3 is 9.30 Å². The normalized spacial score (nSPS) is 10.9. The molecule has 0 spiro atoms. The lowest BCUT2D eigenvalue weighted by molar-refractivity contribution is 0.340. The summed E-state index contributed by atoms with van der Waals surface area (Å²) in [6.45, 7) is 3.40. The molecule has 0 fully saturated rings. The molecular weight excluding hydrogens is 272 g/mol. The maximum Gasteiger partial charge on any atom is 0.120 e. The number of ether oxygens (including phenoxy) is 1. The minimum atomic E-state index is 0.679. The van der Waals surface area contributed by atoms with Crippen LogP contribution in [-0.2, 0) is 6.54 Å². The summed E-state index contributed by atoms with van der Waals surface area (Å²) >= 11 is 6.16. The number of halogens is 1. The van der Waals surface area contributed by atoms with E-state index in [0.717, 1.165) is 17.9 Å². The van der Waals surface area contributed by atoms with E-state index in [2.05, 4.69) is 33.9 Å². The summed E-state index contributed by atoms with van der Waals surface area (Å²) in [6, 6.07) is 10.2. The lowest BCUT2D eigenvalue weighted by Crippen LogP contribution is -1.99. The highest BCUT2D eigenvalue weighted by Gasteiger charge is 2.05. The van der Waals surface area contributed by atoms with Gasteiger partial charge in [0.1, 0.15) is 5.75 Å². The van der Waals surface area contributed by atoms with Crippen LogP contribution in [0.3, 0.4) is 0 Å². The maximum atomic E-state index is 6.16. The van der Waals surface area contributed by atoms with Crippen molar-refractivity contribution in [3.05, 3.63) is 59.5 Å². The zero-order valence-corrected chi connectivity index (χ0v) is 12.0. The first-order chi connectivity index (χ1) is 9.78. The Labute approximate surface area is 122 Å². The third kappa shape index (κ3) is 2.49. The molecule has 0 unspecified atom stereocenters. The van der Waals surface area contributed by atoms with E-state index in [0.29, 0.717) is 11.6 Å². The van der Waals surface area contributed by atoms with Crippen LogP contribution in [0, 0.1) is 0 Å². The van der Waals surface area contributed by atoms with Crippen LogP contribution in [0.1, 0.15) is 12.5 Å². The monoisotopic (exact) mass is 286 g/mol. The fraction of sp³-hybridized carbons (Fsp3) is 0.188. The molecule has 0 saturated heterocycles. The Hall–Kier alpha value is -2.00. The van der Waals surface area contributed by atoms with Crippen molar-refractivity contribution in [2.24, 2.45) is 0 Å². The van der Waals surface area contributed by atoms with Gasteiger partial charge >= 0.3 is 0 Å². The van der Waals surface area contributed by atoms with Crippen LogP contribution in [0.15, 0.2) is 48.9 Å². The molecule has 1 aromatic carbocycles. The highest BCUT2D eigenvalue weighted by atomic mass is 35.5. The fourth-order valence-electron chi connectivity index (χ4n) is 2.29. The van der Waals surface area contributed by atoms with Crippen molar-refractivity contribution in [2.75, 3.05) is 6.61 Å². The molecule has 102 valence electrons. The number of fused-ring (bicyclic) bond motifs is 1. The molecule has 3 aromatic rings. The Morgan fingerprint density at radius 1 is 1.25 bits per heavy atom. The predicted octanol–water partition coefficient (Wildman–Crippen LogP) is 4.14. The Morgan fingerprint density at radius 3 is 2.95 bits per heavy atom. The number of benzene rings is 1. The van der Waals surface area contributed by atoms with Gasteiger partial charge in [0.05, 0.1) is 11.6 Å². The Bertz CT molecular complexity index is 736. The van der Waals surface area contributed by atoms with Crippen molar-refractivity contribution in [3.8, 4) is 5.75 Å². The van der Waals surface area contributed by atoms with Crippen molar-refractivity contribution in [2.45, 2.75) is 13.5 Å². The third-order valence-electron chi connectivity index (χ3n) is 3.25. The standard InChI is InChI=1S/C16H15ClN2O/c1-2-20-14-3-4-16-12(9-14)6-8-19(16)11-13-5-7-18-10-15(13)17/h3-10H,2,11H2,1H3. The van der Waals surface area contributed by atoms with Crippen molar-refractivity contribution in [1.82, 2.24) is 9.55 Å². The van der Waals surface area contributed by atoms with E-state index in [9.17, 15) is 0 Å². The summed E-state index contributed by atoms with van der Waals surface area (Å²) in [6.07, 6.45) is 5.51. The second-order valence-corrected chi connectivity index (χ2v) is 4.97. The summed E-state index contributed by atoms with van der Waals surface area (Å²) in [4.78, 5) is 4.01. The second-order valence-electron chi connectivity index (χ2n) is 4.56. The van der Waals surface area contributed by atoms with Crippen molar-refractivity contribution >= 4 is 22.5 Å². The molecule has 0 bridgehead atoms. The first kappa shape index (κ1) is 13.0. The second kappa shape index (κ2) is 5.55. The number of hydrogen-bond donors (Lipinski definition) is 0. The lowest BCUT2D eigenvalue weighted by Gasteiger charge is -2.08. The highest BCUT2D eigenvalue weighted by molar-refractivity contribution is 6.31. The molecule has 2 aromatic heterocycles. The molecule has 0 N–H and O–H groups in total. The Kier molecular flexibility index (Phi) is 3.61. The lowest BCUT2D eigenvalue weighted by atomic mass is 10.2. The number of rotatable bonds is 4. The van der Waals surface area contributed by atoms with Crippen LogP contribution >= 0.6 is 11.6 Å². The van der Waals surface area contributed by atoms with E-state index in [1.54, 1.807) is 12.4 Å². The van der Waals surface area contributed by atoms with Crippen LogP contribution < -0.4 is 4.74 Å². The van der Waals surface area contributed by atoms with E-state index in [1.807, 2.05) is 19.1 Å². The minimum absolute atomic E-state index is 0.679. The predicted molar refractivity (Wildman–Crippen MR) is 81.5 cm³/mol. The molecule has 0 atom stereocenters. The number of hydrogen-bond acceptors (Lipinski definition) is 2. The number of nitrogens with zero attached hydrogens (tertiary/aromatic N) is 2. The smallest absolute Gasteiger partial charge is 0.120 e. The van der Waals surface area contributed by atoms with Gasteiger partial charge in [0, 0.05) is 36.0 Å².